The predicted octanol–water partition coefficient (Wildman–Crippen LogP) is 0.728. The van der Waals surface area contributed by atoms with Crippen LogP contribution in [0.4, 0.5) is 23.5 Å². The van der Waals surface area contributed by atoms with E-state index in [0.717, 1.165) is 6.54 Å². The van der Waals surface area contributed by atoms with Crippen LogP contribution in [0.5, 0.6) is 0 Å². The van der Waals surface area contributed by atoms with Gasteiger partial charge >= 0.3 is 0 Å². The van der Waals surface area contributed by atoms with Gasteiger partial charge in [-0.2, -0.15) is 0 Å². The molecule has 0 fully saturated rings. The summed E-state index contributed by atoms with van der Waals surface area (Å²) in [6, 6.07) is 0. The standard InChI is InChI=1S/C2H7N.5FH/c1-2-3;;;;;/h2-3H2,1H3;5*1H. The van der Waals surface area contributed by atoms with Crippen molar-refractivity contribution in [3.63, 3.8) is 0 Å². The average Bonchev–Trinajstić information content (AvgIpc) is 0.918. The van der Waals surface area contributed by atoms with Gasteiger partial charge in [-0.1, -0.05) is 6.92 Å². The maximum absolute atomic E-state index is 4.85. The van der Waals surface area contributed by atoms with Crippen molar-refractivity contribution in [3.8, 4) is 0 Å². The first kappa shape index (κ1) is 128. The van der Waals surface area contributed by atoms with Crippen molar-refractivity contribution in [2.75, 3.05) is 6.54 Å². The van der Waals surface area contributed by atoms with Gasteiger partial charge < -0.3 is 5.73 Å². The van der Waals surface area contributed by atoms with E-state index < -0.39 is 0 Å². The fraction of sp³-hybridized carbons (Fsp3) is 1.00. The van der Waals surface area contributed by atoms with E-state index in [1.807, 2.05) is 6.92 Å². The molecule has 0 saturated heterocycles. The summed E-state index contributed by atoms with van der Waals surface area (Å²) >= 11 is 0. The lowest BCUT2D eigenvalue weighted by atomic mass is 10.8. The smallest absolute Gasteiger partial charge is 0.0106 e. The number of hydrogen-bond acceptors (Lipinski definition) is 1. The van der Waals surface area contributed by atoms with Gasteiger partial charge in [-0.05, 0) is 6.54 Å². The monoisotopic (exact) mass is 145 g/mol. The Morgan fingerprint density at radius 3 is 0.875 bits per heavy atom. The molecule has 0 atom stereocenters. The van der Waals surface area contributed by atoms with E-state index in [1.165, 1.54) is 0 Å². The Kier molecular flexibility index (Phi) is 8960. The summed E-state index contributed by atoms with van der Waals surface area (Å²) in [6.07, 6.45) is 0. The molecule has 0 aliphatic carbocycles. The molecule has 60 valence electrons. The Labute approximate surface area is 44.1 Å². The molecule has 0 unspecified atom stereocenters. The van der Waals surface area contributed by atoms with E-state index in [4.69, 9.17) is 5.73 Å². The van der Waals surface area contributed by atoms with Gasteiger partial charge in [0, 0.05) is 0 Å². The van der Waals surface area contributed by atoms with Crippen LogP contribution in [0.3, 0.4) is 0 Å². The number of halogens is 5. The lowest BCUT2D eigenvalue weighted by molar-refractivity contribution is 1.11. The predicted molar refractivity (Wildman–Crippen MR) is 27.2 cm³/mol. The summed E-state index contributed by atoms with van der Waals surface area (Å²) in [7, 11) is 0. The first-order valence-electron chi connectivity index (χ1n) is 1.12. The Morgan fingerprint density at radius 2 is 0.875 bits per heavy atom. The van der Waals surface area contributed by atoms with Gasteiger partial charge in [0.2, 0.25) is 0 Å². The molecule has 0 aromatic heterocycles. The second-order valence-electron chi connectivity index (χ2n) is 0.408. The first-order chi connectivity index (χ1) is 1.41. The number of hydrogen-bond donors (Lipinski definition) is 1. The highest BCUT2D eigenvalue weighted by Crippen LogP contribution is 1.20. The van der Waals surface area contributed by atoms with E-state index in [9.17, 15) is 0 Å². The molecule has 0 radical (unpaired) electrons. The lowest BCUT2D eigenvalue weighted by Gasteiger charge is -1.53. The van der Waals surface area contributed by atoms with Crippen LogP contribution in [0.15, 0.2) is 0 Å². The fourth-order valence-electron chi connectivity index (χ4n) is 0. The molecule has 0 rings (SSSR count). The summed E-state index contributed by atoms with van der Waals surface area (Å²) in [5.74, 6) is 0. The normalized spacial score (nSPS) is 2.25. The van der Waals surface area contributed by atoms with Crippen molar-refractivity contribution in [2.24, 2.45) is 5.73 Å². The minimum Gasteiger partial charge on any atom is -0.331 e. The second kappa shape index (κ2) is 559. The average molecular weight is 145 g/mol. The highest BCUT2D eigenvalue weighted by Gasteiger charge is 1.32. The van der Waals surface area contributed by atoms with E-state index in [2.05, 4.69) is 0 Å². The van der Waals surface area contributed by atoms with Gasteiger partial charge in [-0.25, -0.2) is 0 Å². The number of nitrogens with two attached hydrogens (primary N) is 1. The summed E-state index contributed by atoms with van der Waals surface area (Å²) in [5.41, 5.74) is 4.85. The van der Waals surface area contributed by atoms with Gasteiger partial charge in [-0.15, -0.1) is 0 Å². The zero-order chi connectivity index (χ0) is 2.71. The number of rotatable bonds is 0. The maximum atomic E-state index is 4.85. The zero-order valence-corrected chi connectivity index (χ0v) is 4.33. The van der Waals surface area contributed by atoms with Crippen molar-refractivity contribution in [3.05, 3.63) is 0 Å². The molecular formula is C2H12F5N. The molecule has 8 heavy (non-hydrogen) atoms. The minimum absolute atomic E-state index is 0. The van der Waals surface area contributed by atoms with Crippen molar-refractivity contribution >= 4 is 0 Å². The van der Waals surface area contributed by atoms with Gasteiger partial charge in [0.15, 0.2) is 0 Å². The summed E-state index contributed by atoms with van der Waals surface area (Å²) in [6.45, 7) is 2.65. The summed E-state index contributed by atoms with van der Waals surface area (Å²) in [5, 5.41) is 0. The van der Waals surface area contributed by atoms with Crippen molar-refractivity contribution < 1.29 is 23.5 Å². The van der Waals surface area contributed by atoms with Gasteiger partial charge in [0.05, 0.1) is 0 Å². The van der Waals surface area contributed by atoms with Crippen molar-refractivity contribution in [1.29, 1.82) is 0 Å². The third-order valence-electron chi connectivity index (χ3n) is 0. The molecule has 0 amide bonds. The van der Waals surface area contributed by atoms with Crippen LogP contribution < -0.4 is 5.73 Å². The molecular weight excluding hydrogens is 133 g/mol. The van der Waals surface area contributed by atoms with E-state index in [-0.39, 0.29) is 23.5 Å². The van der Waals surface area contributed by atoms with Gasteiger partial charge in [0.1, 0.15) is 0 Å². The molecule has 0 bridgehead atoms. The molecule has 6 heteroatoms. The highest BCUT2D eigenvalue weighted by atomic mass is 19.0. The minimum atomic E-state index is 0. The summed E-state index contributed by atoms with van der Waals surface area (Å²) in [4.78, 5) is 0. The highest BCUT2D eigenvalue weighted by molar-refractivity contribution is 4.00. The largest absolute Gasteiger partial charge is 0.331 e. The van der Waals surface area contributed by atoms with Crippen LogP contribution in [0, 0.1) is 0 Å². The van der Waals surface area contributed by atoms with Crippen LogP contribution in [0.25, 0.3) is 0 Å². The molecule has 0 spiro atoms. The van der Waals surface area contributed by atoms with Crippen LogP contribution in [0.2, 0.25) is 0 Å². The molecule has 2 N–H and O–H groups in total. The van der Waals surface area contributed by atoms with Crippen LogP contribution in [-0.2, 0) is 0 Å². The Morgan fingerprint density at radius 1 is 0.875 bits per heavy atom. The SMILES string of the molecule is CCN.F.F.F.F.F. The van der Waals surface area contributed by atoms with E-state index >= 15 is 0 Å². The fourth-order valence-corrected chi connectivity index (χ4v) is 0. The second-order valence-corrected chi connectivity index (χ2v) is 0.408. The quantitative estimate of drug-likeness (QED) is 0.499. The Bertz CT molecular complexity index is 10.4. The molecule has 0 aliphatic rings. The molecule has 1 nitrogen and oxygen atoms in total. The first-order valence-corrected chi connectivity index (χ1v) is 1.12. The van der Waals surface area contributed by atoms with Gasteiger partial charge in [0.25, 0.3) is 0 Å². The molecule has 0 saturated carbocycles. The lowest BCUT2D eigenvalue weighted by Crippen LogP contribution is -1.87. The Balaban J connectivity index is -0.00000000200. The zero-order valence-electron chi connectivity index (χ0n) is 4.33. The molecule has 0 aliphatic heterocycles. The van der Waals surface area contributed by atoms with E-state index in [1.54, 1.807) is 0 Å². The van der Waals surface area contributed by atoms with Crippen LogP contribution in [-0.4, -0.2) is 6.54 Å². The Hall–Kier alpha value is -0.390. The molecule has 0 heterocycles. The third kappa shape index (κ3) is 784. The maximum Gasteiger partial charge on any atom is -0.0106 e. The molecule has 0 aromatic rings. The third-order valence-corrected chi connectivity index (χ3v) is 0. The van der Waals surface area contributed by atoms with E-state index in [0.29, 0.717) is 0 Å². The topological polar surface area (TPSA) is 26.0 Å². The van der Waals surface area contributed by atoms with Crippen molar-refractivity contribution in [1.82, 2.24) is 0 Å². The van der Waals surface area contributed by atoms with Crippen molar-refractivity contribution in [2.45, 2.75) is 6.92 Å². The molecule has 0 aromatic carbocycles. The van der Waals surface area contributed by atoms with Crippen LogP contribution >= 0.6 is 0 Å². The van der Waals surface area contributed by atoms with Crippen LogP contribution in [0.1, 0.15) is 6.92 Å². The van der Waals surface area contributed by atoms with Gasteiger partial charge in [-0.3, -0.25) is 23.5 Å². The summed E-state index contributed by atoms with van der Waals surface area (Å²) < 4.78 is 0.